The number of fused-ring (bicyclic) bond motifs is 5. The van der Waals surface area contributed by atoms with E-state index in [0.717, 1.165) is 0 Å². The molecule has 5 nitrogen and oxygen atoms in total. The highest BCUT2D eigenvalue weighted by molar-refractivity contribution is 6.32. The van der Waals surface area contributed by atoms with Crippen LogP contribution in [0.3, 0.4) is 0 Å². The molecule has 31 heavy (non-hydrogen) atoms. The van der Waals surface area contributed by atoms with Crippen molar-refractivity contribution in [2.75, 3.05) is 0 Å². The lowest BCUT2D eigenvalue weighted by Crippen LogP contribution is -2.49. The molecule has 160 valence electrons. The van der Waals surface area contributed by atoms with E-state index < -0.39 is 22.4 Å². The Morgan fingerprint density at radius 3 is 2.52 bits per heavy atom. The van der Waals surface area contributed by atoms with Crippen molar-refractivity contribution in [2.45, 2.75) is 37.7 Å². The highest BCUT2D eigenvalue weighted by Gasteiger charge is 2.62. The molecule has 5 rings (SSSR count). The van der Waals surface area contributed by atoms with E-state index in [9.17, 15) is 15.0 Å². The number of aliphatic hydroxyl groups is 1. The molecule has 0 bridgehead atoms. The first-order valence-corrected chi connectivity index (χ1v) is 10.9. The summed E-state index contributed by atoms with van der Waals surface area (Å²) >= 11 is 13.1. The van der Waals surface area contributed by atoms with Crippen molar-refractivity contribution in [3.63, 3.8) is 0 Å². The number of aromatic hydroxyl groups is 1. The summed E-state index contributed by atoms with van der Waals surface area (Å²) in [5, 5.41) is 20.3. The Hall–Kier alpha value is -2.63. The van der Waals surface area contributed by atoms with Crippen LogP contribution in [0.4, 0.5) is 0 Å². The predicted molar refractivity (Wildman–Crippen MR) is 117 cm³/mol. The van der Waals surface area contributed by atoms with Gasteiger partial charge in [0.1, 0.15) is 28.4 Å². The predicted octanol–water partition coefficient (Wildman–Crippen LogP) is 5.98. The molecule has 2 aromatic rings. The average molecular weight is 459 g/mol. The molecule has 2 aliphatic heterocycles. The molecule has 7 heteroatoms. The van der Waals surface area contributed by atoms with Gasteiger partial charge >= 0.3 is 5.97 Å². The van der Waals surface area contributed by atoms with Crippen LogP contribution in [-0.4, -0.2) is 21.6 Å². The first kappa shape index (κ1) is 20.3. The number of ether oxygens (including phenoxy) is 2. The zero-order valence-corrected chi connectivity index (χ0v) is 18.4. The van der Waals surface area contributed by atoms with Crippen LogP contribution >= 0.6 is 23.2 Å². The summed E-state index contributed by atoms with van der Waals surface area (Å²) in [6.45, 7) is 3.97. The Morgan fingerprint density at radius 2 is 1.81 bits per heavy atom. The molecule has 0 saturated carbocycles. The minimum absolute atomic E-state index is 0.0153. The Balaban J connectivity index is 1.95. The number of rotatable bonds is 2. The van der Waals surface area contributed by atoms with Gasteiger partial charge in [-0.05, 0) is 25.0 Å². The third kappa shape index (κ3) is 2.42. The van der Waals surface area contributed by atoms with Gasteiger partial charge in [-0.2, -0.15) is 0 Å². The zero-order valence-electron chi connectivity index (χ0n) is 16.9. The smallest absolute Gasteiger partial charge is 0.340 e. The molecule has 2 heterocycles. The summed E-state index contributed by atoms with van der Waals surface area (Å²) in [5.74, 6) is 0.0119. The Bertz CT molecular complexity index is 1190. The summed E-state index contributed by atoms with van der Waals surface area (Å²) in [7, 11) is 0. The largest absolute Gasteiger partial charge is 0.511 e. The van der Waals surface area contributed by atoms with Gasteiger partial charge in [-0.1, -0.05) is 43.6 Å². The van der Waals surface area contributed by atoms with E-state index in [0.29, 0.717) is 46.6 Å². The molecule has 2 aromatic carbocycles. The van der Waals surface area contributed by atoms with Gasteiger partial charge in [-0.3, -0.25) is 0 Å². The average Bonchev–Trinajstić information content (AvgIpc) is 3.05. The van der Waals surface area contributed by atoms with Crippen LogP contribution in [0, 0.1) is 5.41 Å². The third-order valence-corrected chi connectivity index (χ3v) is 7.75. The fourth-order valence-electron chi connectivity index (χ4n) is 5.26. The van der Waals surface area contributed by atoms with Crippen molar-refractivity contribution in [3.05, 3.63) is 81.3 Å². The number of hydrogen-bond acceptors (Lipinski definition) is 5. The van der Waals surface area contributed by atoms with Crippen molar-refractivity contribution in [1.82, 2.24) is 0 Å². The minimum Gasteiger partial charge on any atom is -0.511 e. The van der Waals surface area contributed by atoms with Gasteiger partial charge in [0, 0.05) is 34.3 Å². The SMILES string of the molecule is CCC1(CC)C2=C(C=C(O)C1Cl)Oc1cc(O)c(Cl)cc1C21OC(=O)c2ccccc21. The highest BCUT2D eigenvalue weighted by Crippen LogP contribution is 2.63. The molecule has 0 saturated heterocycles. The molecular formula is C24H20Cl2O5. The molecule has 1 spiro atoms. The summed E-state index contributed by atoms with van der Waals surface area (Å²) in [4.78, 5) is 13.0. The first-order chi connectivity index (χ1) is 14.8. The molecule has 0 fully saturated rings. The maximum Gasteiger partial charge on any atom is 0.340 e. The monoisotopic (exact) mass is 458 g/mol. The van der Waals surface area contributed by atoms with Gasteiger partial charge in [0.15, 0.2) is 5.60 Å². The van der Waals surface area contributed by atoms with Gasteiger partial charge in [-0.25, -0.2) is 4.79 Å². The number of halogens is 2. The Kier molecular flexibility index (Phi) is 4.37. The summed E-state index contributed by atoms with van der Waals surface area (Å²) < 4.78 is 12.4. The van der Waals surface area contributed by atoms with Gasteiger partial charge in [0.25, 0.3) is 0 Å². The lowest BCUT2D eigenvalue weighted by Gasteiger charge is -2.50. The van der Waals surface area contributed by atoms with Gasteiger partial charge < -0.3 is 19.7 Å². The maximum atomic E-state index is 13.0. The van der Waals surface area contributed by atoms with Crippen molar-refractivity contribution < 1.29 is 24.5 Å². The quantitative estimate of drug-likeness (QED) is 0.427. The van der Waals surface area contributed by atoms with E-state index in [1.807, 2.05) is 26.0 Å². The second-order valence-electron chi connectivity index (χ2n) is 8.05. The minimum atomic E-state index is -1.34. The van der Waals surface area contributed by atoms with Crippen LogP contribution in [0.1, 0.15) is 48.2 Å². The Morgan fingerprint density at radius 1 is 1.10 bits per heavy atom. The molecule has 1 aliphatic carbocycles. The highest BCUT2D eigenvalue weighted by atomic mass is 35.5. The van der Waals surface area contributed by atoms with Crippen LogP contribution in [-0.2, 0) is 10.3 Å². The van der Waals surface area contributed by atoms with Crippen LogP contribution in [0.25, 0.3) is 0 Å². The zero-order chi connectivity index (χ0) is 22.1. The van der Waals surface area contributed by atoms with E-state index in [1.54, 1.807) is 18.2 Å². The van der Waals surface area contributed by atoms with Crippen molar-refractivity contribution in [2.24, 2.45) is 5.41 Å². The maximum absolute atomic E-state index is 13.0. The van der Waals surface area contributed by atoms with E-state index in [1.165, 1.54) is 12.1 Å². The molecule has 0 aromatic heterocycles. The number of carbonyl (C=O) groups excluding carboxylic acids is 1. The standard InChI is InChI=1S/C24H20Cl2O5/c1-3-23(4-2)20-19(11-17(28)21(23)26)30-18-10-16(27)15(25)9-14(18)24(20)13-8-6-5-7-12(13)22(29)31-24/h5-11,21,27-28H,3-4H2,1-2H3. The molecule has 0 amide bonds. The van der Waals surface area contributed by atoms with Crippen molar-refractivity contribution in [3.8, 4) is 11.5 Å². The lowest BCUT2D eigenvalue weighted by molar-refractivity contribution is 0.00866. The summed E-state index contributed by atoms with van der Waals surface area (Å²) in [6, 6.07) is 10.2. The number of allylic oxidation sites excluding steroid dienone is 2. The van der Waals surface area contributed by atoms with Crippen LogP contribution < -0.4 is 4.74 Å². The number of alkyl halides is 1. The van der Waals surface area contributed by atoms with Gasteiger partial charge in [0.05, 0.1) is 10.6 Å². The molecule has 0 radical (unpaired) electrons. The van der Waals surface area contributed by atoms with E-state index in [2.05, 4.69) is 0 Å². The summed E-state index contributed by atoms with van der Waals surface area (Å²) in [5.41, 5.74) is 0.188. The van der Waals surface area contributed by atoms with E-state index >= 15 is 0 Å². The van der Waals surface area contributed by atoms with Gasteiger partial charge in [0.2, 0.25) is 0 Å². The lowest BCUT2D eigenvalue weighted by atomic mass is 9.60. The van der Waals surface area contributed by atoms with E-state index in [4.69, 9.17) is 32.7 Å². The number of phenols is 1. The third-order valence-electron chi connectivity index (χ3n) is 6.80. The number of carbonyl (C=O) groups is 1. The topological polar surface area (TPSA) is 76.0 Å². The van der Waals surface area contributed by atoms with Crippen LogP contribution in [0.15, 0.2) is 59.6 Å². The normalized spacial score (nSPS) is 25.4. The molecule has 2 N–H and O–H groups in total. The number of aliphatic hydroxyl groups excluding tert-OH is 1. The Labute approximate surface area is 189 Å². The molecule has 2 atom stereocenters. The molecule has 2 unspecified atom stereocenters. The fraction of sp³-hybridized carbons (Fsp3) is 0.292. The number of benzene rings is 2. The van der Waals surface area contributed by atoms with E-state index in [-0.39, 0.29) is 16.5 Å². The second-order valence-corrected chi connectivity index (χ2v) is 8.90. The van der Waals surface area contributed by atoms with Gasteiger partial charge in [-0.15, -0.1) is 11.6 Å². The fourth-order valence-corrected chi connectivity index (χ4v) is 5.90. The number of phenolic OH excluding ortho intramolecular Hbond substituents is 1. The summed E-state index contributed by atoms with van der Waals surface area (Å²) in [6.07, 6.45) is 2.61. The molecular weight excluding hydrogens is 439 g/mol. The van der Waals surface area contributed by atoms with Crippen molar-refractivity contribution in [1.29, 1.82) is 0 Å². The molecule has 3 aliphatic rings. The van der Waals surface area contributed by atoms with Crippen LogP contribution in [0.2, 0.25) is 5.02 Å². The second kappa shape index (κ2) is 6.68. The number of esters is 1. The van der Waals surface area contributed by atoms with Crippen molar-refractivity contribution >= 4 is 29.2 Å². The number of hydrogen-bond donors (Lipinski definition) is 2. The first-order valence-electron chi connectivity index (χ1n) is 10.1. The van der Waals surface area contributed by atoms with Crippen LogP contribution in [0.5, 0.6) is 11.5 Å².